The van der Waals surface area contributed by atoms with Crippen LogP contribution in [0.2, 0.25) is 0 Å². The quantitative estimate of drug-likeness (QED) is 0.265. The largest absolute Gasteiger partial charge is 0.383 e. The van der Waals surface area contributed by atoms with E-state index < -0.39 is 0 Å². The molecule has 0 aliphatic rings. The lowest BCUT2D eigenvalue weighted by Crippen LogP contribution is -1.99. The summed E-state index contributed by atoms with van der Waals surface area (Å²) in [4.78, 5) is 6.06. The Balaban J connectivity index is 1.49. The first-order valence-electron chi connectivity index (χ1n) is 11.6. The number of hydrogen-bond donors (Lipinski definition) is 2. The van der Waals surface area contributed by atoms with E-state index in [-0.39, 0.29) is 5.82 Å². The van der Waals surface area contributed by atoms with Crippen LogP contribution in [0, 0.1) is 5.82 Å². The molecule has 0 fully saturated rings. The highest BCUT2D eigenvalue weighted by atomic mass is 32.1. The highest BCUT2D eigenvalue weighted by molar-refractivity contribution is 7.22. The van der Waals surface area contributed by atoms with E-state index in [1.807, 2.05) is 24.4 Å². The minimum atomic E-state index is -0.284. The highest BCUT2D eigenvalue weighted by Crippen LogP contribution is 2.42. The number of nitrogens with two attached hydrogens (primary N) is 1. The molecular formula is C30H19FN4S. The Morgan fingerprint density at radius 2 is 1.56 bits per heavy atom. The summed E-state index contributed by atoms with van der Waals surface area (Å²) in [5.41, 5.74) is 12.0. The van der Waals surface area contributed by atoms with Crippen molar-refractivity contribution >= 4 is 48.9 Å². The molecule has 0 atom stereocenters. The average molecular weight is 487 g/mol. The Bertz CT molecular complexity index is 1880. The van der Waals surface area contributed by atoms with E-state index in [0.717, 1.165) is 54.5 Å². The van der Waals surface area contributed by atoms with Crippen LogP contribution in [-0.4, -0.2) is 15.2 Å². The zero-order valence-corrected chi connectivity index (χ0v) is 19.8. The van der Waals surface area contributed by atoms with Gasteiger partial charge in [0.2, 0.25) is 0 Å². The molecule has 4 nitrogen and oxygen atoms in total. The molecule has 6 heteroatoms. The molecule has 0 saturated carbocycles. The van der Waals surface area contributed by atoms with Gasteiger partial charge in [0, 0.05) is 37.0 Å². The second-order valence-corrected chi connectivity index (χ2v) is 9.86. The fourth-order valence-corrected chi connectivity index (χ4v) is 6.01. The summed E-state index contributed by atoms with van der Waals surface area (Å²) in [5, 5.41) is 11.7. The number of nitrogens with one attached hydrogen (secondary N) is 1. The molecule has 36 heavy (non-hydrogen) atoms. The number of nitrogen functional groups attached to an aromatic ring is 1. The summed E-state index contributed by atoms with van der Waals surface area (Å²) >= 11 is 1.76. The van der Waals surface area contributed by atoms with Gasteiger partial charge in [-0.05, 0) is 52.7 Å². The third-order valence-corrected chi connectivity index (χ3v) is 7.74. The molecule has 4 aromatic carbocycles. The lowest BCUT2D eigenvalue weighted by Gasteiger charge is -2.15. The van der Waals surface area contributed by atoms with Gasteiger partial charge in [0.15, 0.2) is 0 Å². The molecule has 0 bridgehead atoms. The van der Waals surface area contributed by atoms with Gasteiger partial charge < -0.3 is 5.73 Å². The molecule has 0 amide bonds. The minimum absolute atomic E-state index is 0.284. The van der Waals surface area contributed by atoms with Crippen LogP contribution in [0.4, 0.5) is 10.2 Å². The predicted molar refractivity (Wildman–Crippen MR) is 147 cm³/mol. The van der Waals surface area contributed by atoms with E-state index in [1.165, 1.54) is 22.2 Å². The van der Waals surface area contributed by atoms with Gasteiger partial charge in [0.1, 0.15) is 11.6 Å². The van der Waals surface area contributed by atoms with Crippen LogP contribution < -0.4 is 5.73 Å². The Morgan fingerprint density at radius 1 is 0.778 bits per heavy atom. The summed E-state index contributed by atoms with van der Waals surface area (Å²) in [6.07, 6.45) is 1.84. The van der Waals surface area contributed by atoms with Crippen molar-refractivity contribution in [3.63, 3.8) is 0 Å². The number of anilines is 1. The predicted octanol–water partition coefficient (Wildman–Crippen LogP) is 8.05. The molecule has 0 aliphatic heterocycles. The maximum Gasteiger partial charge on any atom is 0.132 e. The Kier molecular flexibility index (Phi) is 4.62. The van der Waals surface area contributed by atoms with Gasteiger partial charge in [-0.3, -0.25) is 5.10 Å². The fourth-order valence-electron chi connectivity index (χ4n) is 4.93. The van der Waals surface area contributed by atoms with Crippen molar-refractivity contribution in [3.8, 4) is 32.8 Å². The van der Waals surface area contributed by atoms with Crippen LogP contribution in [0.25, 0.3) is 64.6 Å². The maximum atomic E-state index is 13.6. The van der Waals surface area contributed by atoms with Crippen LogP contribution in [0.5, 0.6) is 0 Å². The third-order valence-electron chi connectivity index (χ3n) is 6.59. The standard InChI is InChI=1S/C30H19FN4S/c31-21-11-9-17(10-12-21)27-22-6-2-3-7-23(22)28(34-30(27)32)19-13-20-16-33-35-29(20)24(14-19)26-15-18-5-1-4-8-25(18)36-26/h1-16H,(H2,32,34)(H,33,35). The highest BCUT2D eigenvalue weighted by Gasteiger charge is 2.18. The van der Waals surface area contributed by atoms with Crippen molar-refractivity contribution in [1.82, 2.24) is 15.2 Å². The van der Waals surface area contributed by atoms with Crippen molar-refractivity contribution < 1.29 is 4.39 Å². The van der Waals surface area contributed by atoms with E-state index in [1.54, 1.807) is 23.5 Å². The van der Waals surface area contributed by atoms with Gasteiger partial charge in [-0.1, -0.05) is 54.6 Å². The summed E-state index contributed by atoms with van der Waals surface area (Å²) in [5.74, 6) is 0.124. The number of pyridine rings is 1. The van der Waals surface area contributed by atoms with Gasteiger partial charge in [-0.15, -0.1) is 11.3 Å². The summed E-state index contributed by atoms with van der Waals surface area (Å²) in [6, 6.07) is 29.3. The van der Waals surface area contributed by atoms with Crippen molar-refractivity contribution in [1.29, 1.82) is 0 Å². The number of aromatic nitrogens is 3. The average Bonchev–Trinajstić information content (AvgIpc) is 3.55. The Labute approximate surface area is 209 Å². The molecule has 0 aliphatic carbocycles. The van der Waals surface area contributed by atoms with E-state index in [9.17, 15) is 4.39 Å². The summed E-state index contributed by atoms with van der Waals surface area (Å²) in [6.45, 7) is 0. The zero-order chi connectivity index (χ0) is 24.2. The SMILES string of the molecule is Nc1nc(-c2cc(-c3cc4ccccc4s3)c3[nH]ncc3c2)c2ccccc2c1-c1ccc(F)cc1. The number of halogens is 1. The Morgan fingerprint density at radius 3 is 2.39 bits per heavy atom. The van der Waals surface area contributed by atoms with Crippen LogP contribution in [0.1, 0.15) is 0 Å². The van der Waals surface area contributed by atoms with Gasteiger partial charge in [-0.2, -0.15) is 5.10 Å². The topological polar surface area (TPSA) is 67.6 Å². The number of thiophene rings is 1. The lowest BCUT2D eigenvalue weighted by molar-refractivity contribution is 0.628. The van der Waals surface area contributed by atoms with E-state index in [4.69, 9.17) is 10.7 Å². The number of H-pyrrole nitrogens is 1. The number of benzene rings is 4. The molecule has 172 valence electrons. The number of fused-ring (bicyclic) bond motifs is 3. The normalized spacial score (nSPS) is 11.6. The molecule has 3 N–H and O–H groups in total. The number of hydrogen-bond acceptors (Lipinski definition) is 4. The van der Waals surface area contributed by atoms with Gasteiger partial charge >= 0.3 is 0 Å². The van der Waals surface area contributed by atoms with Crippen molar-refractivity contribution in [2.75, 3.05) is 5.73 Å². The lowest BCUT2D eigenvalue weighted by atomic mass is 9.94. The fraction of sp³-hybridized carbons (Fsp3) is 0. The maximum absolute atomic E-state index is 13.6. The van der Waals surface area contributed by atoms with Crippen LogP contribution in [0.15, 0.2) is 97.2 Å². The smallest absolute Gasteiger partial charge is 0.132 e. The molecule has 0 unspecified atom stereocenters. The van der Waals surface area contributed by atoms with Crippen LogP contribution in [0.3, 0.4) is 0 Å². The molecular weight excluding hydrogens is 467 g/mol. The van der Waals surface area contributed by atoms with Crippen molar-refractivity contribution in [3.05, 3.63) is 103 Å². The molecule has 0 spiro atoms. The van der Waals surface area contributed by atoms with Crippen molar-refractivity contribution in [2.24, 2.45) is 0 Å². The van der Waals surface area contributed by atoms with Gasteiger partial charge in [0.25, 0.3) is 0 Å². The molecule has 7 aromatic rings. The summed E-state index contributed by atoms with van der Waals surface area (Å²) in [7, 11) is 0. The number of aromatic amines is 1. The first-order chi connectivity index (χ1) is 17.7. The number of rotatable bonds is 3. The van der Waals surface area contributed by atoms with Crippen molar-refractivity contribution in [2.45, 2.75) is 0 Å². The monoisotopic (exact) mass is 486 g/mol. The van der Waals surface area contributed by atoms with E-state index >= 15 is 0 Å². The zero-order valence-electron chi connectivity index (χ0n) is 19.0. The van der Waals surface area contributed by atoms with Crippen LogP contribution >= 0.6 is 11.3 Å². The number of nitrogens with zero attached hydrogens (tertiary/aromatic N) is 2. The second kappa shape index (κ2) is 8.00. The molecule has 3 heterocycles. The summed E-state index contributed by atoms with van der Waals surface area (Å²) < 4.78 is 14.8. The molecule has 0 radical (unpaired) electrons. The first-order valence-corrected chi connectivity index (χ1v) is 12.4. The second-order valence-electron chi connectivity index (χ2n) is 8.78. The van der Waals surface area contributed by atoms with E-state index in [2.05, 4.69) is 58.7 Å². The first kappa shape index (κ1) is 20.8. The van der Waals surface area contributed by atoms with Gasteiger partial charge in [0.05, 0.1) is 17.4 Å². The van der Waals surface area contributed by atoms with Gasteiger partial charge in [-0.25, -0.2) is 9.37 Å². The molecule has 7 rings (SSSR count). The third kappa shape index (κ3) is 3.26. The molecule has 3 aromatic heterocycles. The van der Waals surface area contributed by atoms with E-state index in [0.29, 0.717) is 5.82 Å². The minimum Gasteiger partial charge on any atom is -0.383 e. The Hall–Kier alpha value is -4.55. The van der Waals surface area contributed by atoms with Crippen LogP contribution in [-0.2, 0) is 0 Å². The molecule has 0 saturated heterocycles.